The zero-order chi connectivity index (χ0) is 26.3. The van der Waals surface area contributed by atoms with E-state index in [-0.39, 0.29) is 6.29 Å². The first-order valence-corrected chi connectivity index (χ1v) is 16.9. The molecule has 0 amide bonds. The van der Waals surface area contributed by atoms with Crippen molar-refractivity contribution in [1.82, 2.24) is 0 Å². The number of aliphatic hydroxyl groups excluding tert-OH is 1. The molecule has 1 fully saturated rings. The molecule has 3 heteroatoms. The van der Waals surface area contributed by atoms with Gasteiger partial charge in [0.2, 0.25) is 0 Å². The Morgan fingerprint density at radius 1 is 0.514 bits per heavy atom. The number of allylic oxidation sites excluding steroid dienone is 2. The number of aliphatic hydroxyl groups is 1. The minimum Gasteiger partial charge on any atom is -0.396 e. The maximum Gasteiger partial charge on any atom is 0.157 e. The molecule has 0 aromatic carbocycles. The van der Waals surface area contributed by atoms with Gasteiger partial charge in [0, 0.05) is 19.8 Å². The van der Waals surface area contributed by atoms with Gasteiger partial charge in [0.15, 0.2) is 6.29 Å². The Balaban J connectivity index is 1.63. The number of unbranched alkanes of at least 4 members (excludes halogenated alkanes) is 23. The third-order valence-corrected chi connectivity index (χ3v) is 7.90. The second-order valence-corrected chi connectivity index (χ2v) is 11.6. The molecule has 1 unspecified atom stereocenters. The first kappa shape index (κ1) is 34.6. The second-order valence-electron chi connectivity index (χ2n) is 11.6. The first-order chi connectivity index (χ1) is 18.4. The molecule has 220 valence electrons. The highest BCUT2D eigenvalue weighted by Crippen LogP contribution is 2.16. The SMILES string of the molecule is OCCCCCCC/C=C\CCCCCCCCCCCCCCCCCCCCOC1CCCCO1. The largest absolute Gasteiger partial charge is 0.396 e. The van der Waals surface area contributed by atoms with E-state index in [0.29, 0.717) is 6.61 Å². The van der Waals surface area contributed by atoms with E-state index in [0.717, 1.165) is 26.1 Å². The number of rotatable bonds is 29. The summed E-state index contributed by atoms with van der Waals surface area (Å²) in [6.07, 6.45) is 42.5. The van der Waals surface area contributed by atoms with Crippen LogP contribution in [0.1, 0.15) is 180 Å². The highest BCUT2D eigenvalue weighted by molar-refractivity contribution is 4.81. The smallest absolute Gasteiger partial charge is 0.157 e. The van der Waals surface area contributed by atoms with E-state index in [2.05, 4.69) is 12.2 Å². The van der Waals surface area contributed by atoms with Crippen LogP contribution in [-0.2, 0) is 9.47 Å². The molecular weight excluding hydrogens is 456 g/mol. The Labute approximate surface area is 232 Å². The van der Waals surface area contributed by atoms with Crippen LogP contribution >= 0.6 is 0 Å². The van der Waals surface area contributed by atoms with Crippen LogP contribution < -0.4 is 0 Å². The van der Waals surface area contributed by atoms with Crippen molar-refractivity contribution in [1.29, 1.82) is 0 Å². The summed E-state index contributed by atoms with van der Waals surface area (Å²) in [7, 11) is 0. The van der Waals surface area contributed by atoms with Crippen molar-refractivity contribution >= 4 is 0 Å². The van der Waals surface area contributed by atoms with Crippen LogP contribution in [0.15, 0.2) is 12.2 Å². The van der Waals surface area contributed by atoms with Crippen molar-refractivity contribution in [3.63, 3.8) is 0 Å². The topological polar surface area (TPSA) is 38.7 Å². The zero-order valence-corrected chi connectivity index (χ0v) is 24.9. The molecule has 0 aromatic heterocycles. The molecule has 0 bridgehead atoms. The van der Waals surface area contributed by atoms with Crippen LogP contribution in [0.5, 0.6) is 0 Å². The normalized spacial score (nSPS) is 16.2. The molecule has 37 heavy (non-hydrogen) atoms. The molecule has 0 aliphatic carbocycles. The number of hydrogen-bond acceptors (Lipinski definition) is 3. The van der Waals surface area contributed by atoms with Gasteiger partial charge in [0.05, 0.1) is 0 Å². The van der Waals surface area contributed by atoms with Crippen LogP contribution in [0.25, 0.3) is 0 Å². The van der Waals surface area contributed by atoms with Crippen LogP contribution in [0.2, 0.25) is 0 Å². The van der Waals surface area contributed by atoms with Crippen molar-refractivity contribution in [2.75, 3.05) is 19.8 Å². The van der Waals surface area contributed by atoms with Crippen molar-refractivity contribution < 1.29 is 14.6 Å². The average Bonchev–Trinajstić information content (AvgIpc) is 2.93. The summed E-state index contributed by atoms with van der Waals surface area (Å²) in [5.74, 6) is 0. The fourth-order valence-corrected chi connectivity index (χ4v) is 5.39. The maximum absolute atomic E-state index is 8.77. The molecule has 1 saturated heterocycles. The van der Waals surface area contributed by atoms with Crippen molar-refractivity contribution in [2.45, 2.75) is 186 Å². The summed E-state index contributed by atoms with van der Waals surface area (Å²) in [5.41, 5.74) is 0. The monoisotopic (exact) mass is 523 g/mol. The summed E-state index contributed by atoms with van der Waals surface area (Å²) in [4.78, 5) is 0. The van der Waals surface area contributed by atoms with Gasteiger partial charge in [-0.25, -0.2) is 0 Å². The van der Waals surface area contributed by atoms with Crippen molar-refractivity contribution in [2.24, 2.45) is 0 Å². The number of ether oxygens (including phenoxy) is 2. The standard InChI is InChI=1S/C34H66O3/c35-31-27-24-22-20-18-16-14-12-10-8-6-4-2-1-3-5-7-9-11-13-15-17-19-21-23-25-28-32-36-34-30-26-29-33-37-34/h12,14,34-35H,1-11,13,15-33H2/b14-12-. The molecular formula is C34H66O3. The minimum absolute atomic E-state index is 0.0940. The lowest BCUT2D eigenvalue weighted by atomic mass is 10.0. The zero-order valence-electron chi connectivity index (χ0n) is 24.9. The van der Waals surface area contributed by atoms with Crippen molar-refractivity contribution in [3.05, 3.63) is 12.2 Å². The van der Waals surface area contributed by atoms with E-state index in [1.165, 1.54) is 167 Å². The molecule has 0 aromatic rings. The summed E-state index contributed by atoms with van der Waals surface area (Å²) in [6, 6.07) is 0. The molecule has 1 aliphatic heterocycles. The predicted molar refractivity (Wildman–Crippen MR) is 161 cm³/mol. The fourth-order valence-electron chi connectivity index (χ4n) is 5.39. The lowest BCUT2D eigenvalue weighted by molar-refractivity contribution is -0.162. The Kier molecular flexibility index (Phi) is 28.2. The van der Waals surface area contributed by atoms with E-state index in [9.17, 15) is 0 Å². The van der Waals surface area contributed by atoms with Gasteiger partial charge >= 0.3 is 0 Å². The number of hydrogen-bond donors (Lipinski definition) is 1. The summed E-state index contributed by atoms with van der Waals surface area (Å²) < 4.78 is 11.4. The van der Waals surface area contributed by atoms with E-state index in [1.54, 1.807) is 0 Å². The van der Waals surface area contributed by atoms with Crippen LogP contribution in [-0.4, -0.2) is 31.2 Å². The molecule has 0 spiro atoms. The van der Waals surface area contributed by atoms with Gasteiger partial charge in [-0.1, -0.05) is 134 Å². The lowest BCUT2D eigenvalue weighted by Gasteiger charge is -2.22. The maximum atomic E-state index is 8.77. The molecule has 1 N–H and O–H groups in total. The van der Waals surface area contributed by atoms with Gasteiger partial charge in [-0.05, 0) is 57.8 Å². The van der Waals surface area contributed by atoms with Gasteiger partial charge < -0.3 is 14.6 Å². The summed E-state index contributed by atoms with van der Waals surface area (Å²) in [5, 5.41) is 8.77. The van der Waals surface area contributed by atoms with Crippen LogP contribution in [0, 0.1) is 0 Å². The summed E-state index contributed by atoms with van der Waals surface area (Å²) in [6.45, 7) is 2.13. The van der Waals surface area contributed by atoms with Gasteiger partial charge in [-0.15, -0.1) is 0 Å². The van der Waals surface area contributed by atoms with E-state index in [4.69, 9.17) is 14.6 Å². The Morgan fingerprint density at radius 3 is 1.32 bits per heavy atom. The molecule has 1 atom stereocenters. The molecule has 1 rings (SSSR count). The Bertz CT molecular complexity index is 444. The third kappa shape index (κ3) is 27.0. The lowest BCUT2D eigenvalue weighted by Crippen LogP contribution is -2.22. The second kappa shape index (κ2) is 30.2. The van der Waals surface area contributed by atoms with Gasteiger partial charge in [0.25, 0.3) is 0 Å². The van der Waals surface area contributed by atoms with E-state index >= 15 is 0 Å². The average molecular weight is 523 g/mol. The molecule has 1 aliphatic rings. The van der Waals surface area contributed by atoms with E-state index in [1.807, 2.05) is 0 Å². The van der Waals surface area contributed by atoms with Gasteiger partial charge in [0.1, 0.15) is 0 Å². The van der Waals surface area contributed by atoms with Gasteiger partial charge in [-0.3, -0.25) is 0 Å². The van der Waals surface area contributed by atoms with Crippen LogP contribution in [0.3, 0.4) is 0 Å². The van der Waals surface area contributed by atoms with Crippen LogP contribution in [0.4, 0.5) is 0 Å². The Hall–Kier alpha value is -0.380. The predicted octanol–water partition coefficient (Wildman–Crippen LogP) is 10.8. The van der Waals surface area contributed by atoms with E-state index < -0.39 is 0 Å². The van der Waals surface area contributed by atoms with Gasteiger partial charge in [-0.2, -0.15) is 0 Å². The highest BCUT2D eigenvalue weighted by Gasteiger charge is 2.13. The molecule has 0 radical (unpaired) electrons. The highest BCUT2D eigenvalue weighted by atomic mass is 16.7. The Morgan fingerprint density at radius 2 is 0.919 bits per heavy atom. The molecule has 3 nitrogen and oxygen atoms in total. The summed E-state index contributed by atoms with van der Waals surface area (Å²) >= 11 is 0. The molecule has 1 heterocycles. The fraction of sp³-hybridized carbons (Fsp3) is 0.941. The van der Waals surface area contributed by atoms with Crippen molar-refractivity contribution in [3.8, 4) is 0 Å². The third-order valence-electron chi connectivity index (χ3n) is 7.90. The minimum atomic E-state index is 0.0940. The first-order valence-electron chi connectivity index (χ1n) is 16.9. The quantitative estimate of drug-likeness (QED) is 0.0784. The molecule has 0 saturated carbocycles.